The van der Waals surface area contributed by atoms with Crippen molar-refractivity contribution in [2.75, 3.05) is 13.2 Å². The summed E-state index contributed by atoms with van der Waals surface area (Å²) in [5.41, 5.74) is 0. The summed E-state index contributed by atoms with van der Waals surface area (Å²) in [7, 11) is 0. The van der Waals surface area contributed by atoms with Crippen molar-refractivity contribution < 1.29 is 28.6 Å². The molecule has 0 unspecified atom stereocenters. The first kappa shape index (κ1) is 61.4. The molecule has 63 heavy (non-hydrogen) atoms. The van der Waals surface area contributed by atoms with E-state index in [1.165, 1.54) is 218 Å². The number of ether oxygens (including phenoxy) is 3. The largest absolute Gasteiger partial charge is 0.462 e. The zero-order valence-electron chi connectivity index (χ0n) is 43.0. The minimum absolute atomic E-state index is 0.0620. The second-order valence-corrected chi connectivity index (χ2v) is 20.1. The van der Waals surface area contributed by atoms with Crippen LogP contribution in [-0.4, -0.2) is 37.2 Å². The molecule has 0 radical (unpaired) electrons. The molecule has 0 bridgehead atoms. The lowest BCUT2D eigenvalue weighted by Gasteiger charge is -2.18. The van der Waals surface area contributed by atoms with E-state index in [-0.39, 0.29) is 31.1 Å². The van der Waals surface area contributed by atoms with Crippen molar-refractivity contribution in [3.05, 3.63) is 0 Å². The first-order chi connectivity index (χ1) is 30.9. The van der Waals surface area contributed by atoms with Gasteiger partial charge in [-0.2, -0.15) is 0 Å². The topological polar surface area (TPSA) is 78.9 Å². The Hall–Kier alpha value is -1.59. The first-order valence-corrected chi connectivity index (χ1v) is 28.4. The normalized spacial score (nSPS) is 12.0. The van der Waals surface area contributed by atoms with Gasteiger partial charge in [0.25, 0.3) is 0 Å². The van der Waals surface area contributed by atoms with E-state index in [1.807, 2.05) is 0 Å². The molecule has 0 fully saturated rings. The second-order valence-electron chi connectivity index (χ2n) is 20.1. The maximum atomic E-state index is 12.8. The Morgan fingerprint density at radius 2 is 0.524 bits per heavy atom. The van der Waals surface area contributed by atoms with Crippen LogP contribution in [0.25, 0.3) is 0 Å². The highest BCUT2D eigenvalue weighted by molar-refractivity contribution is 5.71. The fourth-order valence-corrected chi connectivity index (χ4v) is 8.75. The molecule has 0 aliphatic carbocycles. The van der Waals surface area contributed by atoms with Gasteiger partial charge in [0.1, 0.15) is 13.2 Å². The third kappa shape index (κ3) is 51.3. The maximum absolute atomic E-state index is 12.8. The maximum Gasteiger partial charge on any atom is 0.306 e. The van der Waals surface area contributed by atoms with Crippen LogP contribution in [0.4, 0.5) is 0 Å². The Kier molecular flexibility index (Phi) is 50.1. The van der Waals surface area contributed by atoms with E-state index in [1.54, 1.807) is 0 Å². The fourth-order valence-electron chi connectivity index (χ4n) is 8.75. The molecule has 0 amide bonds. The van der Waals surface area contributed by atoms with Gasteiger partial charge in [-0.05, 0) is 25.2 Å². The van der Waals surface area contributed by atoms with E-state index >= 15 is 0 Å². The van der Waals surface area contributed by atoms with Crippen LogP contribution in [-0.2, 0) is 28.6 Å². The molecule has 0 aromatic carbocycles. The van der Waals surface area contributed by atoms with Gasteiger partial charge in [-0.25, -0.2) is 0 Å². The third-order valence-electron chi connectivity index (χ3n) is 13.0. The predicted octanol–water partition coefficient (Wildman–Crippen LogP) is 18.6. The molecule has 0 aliphatic heterocycles. The predicted molar refractivity (Wildman–Crippen MR) is 270 cm³/mol. The van der Waals surface area contributed by atoms with Crippen molar-refractivity contribution in [2.45, 2.75) is 329 Å². The minimum Gasteiger partial charge on any atom is -0.462 e. The second kappa shape index (κ2) is 51.4. The zero-order valence-corrected chi connectivity index (χ0v) is 43.0. The van der Waals surface area contributed by atoms with Crippen LogP contribution in [0.2, 0.25) is 0 Å². The zero-order chi connectivity index (χ0) is 45.9. The SMILES string of the molecule is CCCCCCCCCCCCCCCCCCCC(=O)OC[C@H](COC(=O)CCCCCCCCCCCCCCC(C)C)OC(=O)CCCCCCCCCCCCCCC. The number of carbonyl (C=O) groups is 3. The molecule has 6 heteroatoms. The van der Waals surface area contributed by atoms with Gasteiger partial charge in [-0.1, -0.05) is 285 Å². The molecule has 1 atom stereocenters. The number of carbonyl (C=O) groups excluding carboxylic acids is 3. The van der Waals surface area contributed by atoms with Crippen LogP contribution in [0.1, 0.15) is 323 Å². The molecule has 6 nitrogen and oxygen atoms in total. The molecule has 374 valence electrons. The summed E-state index contributed by atoms with van der Waals surface area (Å²) in [4.78, 5) is 38.1. The van der Waals surface area contributed by atoms with Gasteiger partial charge in [0.2, 0.25) is 0 Å². The first-order valence-electron chi connectivity index (χ1n) is 28.4. The van der Waals surface area contributed by atoms with E-state index < -0.39 is 6.10 Å². The summed E-state index contributed by atoms with van der Waals surface area (Å²) >= 11 is 0. The van der Waals surface area contributed by atoms with E-state index in [4.69, 9.17) is 14.2 Å². The Morgan fingerprint density at radius 3 is 0.778 bits per heavy atom. The van der Waals surface area contributed by atoms with Crippen LogP contribution in [0, 0.1) is 5.92 Å². The summed E-state index contributed by atoms with van der Waals surface area (Å²) in [5, 5.41) is 0. The van der Waals surface area contributed by atoms with Gasteiger partial charge in [0, 0.05) is 19.3 Å². The van der Waals surface area contributed by atoms with Crippen molar-refractivity contribution in [1.29, 1.82) is 0 Å². The van der Waals surface area contributed by atoms with Gasteiger partial charge in [-0.15, -0.1) is 0 Å². The Balaban J connectivity index is 4.28. The van der Waals surface area contributed by atoms with E-state index in [0.717, 1.165) is 63.7 Å². The van der Waals surface area contributed by atoms with Crippen molar-refractivity contribution in [2.24, 2.45) is 5.92 Å². The molecule has 0 heterocycles. The lowest BCUT2D eigenvalue weighted by atomic mass is 10.0. The highest BCUT2D eigenvalue weighted by Crippen LogP contribution is 2.18. The summed E-state index contributed by atoms with van der Waals surface area (Å²) < 4.78 is 16.9. The lowest BCUT2D eigenvalue weighted by molar-refractivity contribution is -0.167. The molecule has 0 saturated carbocycles. The molecule has 0 saturated heterocycles. The lowest BCUT2D eigenvalue weighted by Crippen LogP contribution is -2.30. The van der Waals surface area contributed by atoms with E-state index in [9.17, 15) is 14.4 Å². The molecule has 0 rings (SSSR count). The molecule has 0 spiro atoms. The van der Waals surface area contributed by atoms with Crippen LogP contribution in [0.5, 0.6) is 0 Å². The number of unbranched alkanes of at least 4 members (excludes halogenated alkanes) is 39. The molecular formula is C57H110O6. The van der Waals surface area contributed by atoms with Crippen molar-refractivity contribution in [3.63, 3.8) is 0 Å². The van der Waals surface area contributed by atoms with E-state index in [0.29, 0.717) is 19.3 Å². The number of hydrogen-bond acceptors (Lipinski definition) is 6. The van der Waals surface area contributed by atoms with E-state index in [2.05, 4.69) is 27.7 Å². The summed E-state index contributed by atoms with van der Waals surface area (Å²) in [5.74, 6) is -0.00303. The smallest absolute Gasteiger partial charge is 0.306 e. The summed E-state index contributed by atoms with van der Waals surface area (Å²) in [6.45, 7) is 9.05. The van der Waals surface area contributed by atoms with Gasteiger partial charge >= 0.3 is 17.9 Å². The number of hydrogen-bond donors (Lipinski definition) is 0. The molecular weight excluding hydrogens is 781 g/mol. The molecule has 0 aromatic heterocycles. The Bertz CT molecular complexity index is 949. The average Bonchev–Trinajstić information content (AvgIpc) is 3.27. The number of esters is 3. The quantitative estimate of drug-likeness (QED) is 0.0344. The molecule has 0 aromatic rings. The van der Waals surface area contributed by atoms with Gasteiger partial charge < -0.3 is 14.2 Å². The Labute approximate surface area is 393 Å². The van der Waals surface area contributed by atoms with Gasteiger partial charge in [-0.3, -0.25) is 14.4 Å². The molecule has 0 aliphatic rings. The highest BCUT2D eigenvalue weighted by atomic mass is 16.6. The Morgan fingerprint density at radius 1 is 0.302 bits per heavy atom. The van der Waals surface area contributed by atoms with Crippen molar-refractivity contribution in [1.82, 2.24) is 0 Å². The highest BCUT2D eigenvalue weighted by Gasteiger charge is 2.19. The van der Waals surface area contributed by atoms with Crippen molar-refractivity contribution >= 4 is 17.9 Å². The molecule has 0 N–H and O–H groups in total. The van der Waals surface area contributed by atoms with Gasteiger partial charge in [0.05, 0.1) is 0 Å². The van der Waals surface area contributed by atoms with Crippen LogP contribution in [0.3, 0.4) is 0 Å². The fraction of sp³-hybridized carbons (Fsp3) is 0.947. The van der Waals surface area contributed by atoms with Crippen molar-refractivity contribution in [3.8, 4) is 0 Å². The van der Waals surface area contributed by atoms with Gasteiger partial charge in [0.15, 0.2) is 6.10 Å². The standard InChI is InChI=1S/C57H110O6/c1-5-7-9-11-13-15-17-19-20-21-22-24-28-32-36-40-44-48-55(58)61-51-54(63-57(60)50-46-42-38-34-30-23-18-16-14-12-10-8-6-2)52-62-56(59)49-45-41-37-33-29-26-25-27-31-35-39-43-47-53(3)4/h53-54H,5-52H2,1-4H3/t54-/m1/s1. The van der Waals surface area contributed by atoms with Crippen LogP contribution < -0.4 is 0 Å². The van der Waals surface area contributed by atoms with Crippen LogP contribution in [0.15, 0.2) is 0 Å². The number of rotatable bonds is 52. The minimum atomic E-state index is -0.761. The summed E-state index contributed by atoms with van der Waals surface area (Å²) in [6.07, 6.45) is 55.2. The summed E-state index contributed by atoms with van der Waals surface area (Å²) in [6, 6.07) is 0. The van der Waals surface area contributed by atoms with Crippen LogP contribution >= 0.6 is 0 Å². The monoisotopic (exact) mass is 891 g/mol. The average molecular weight is 892 g/mol. The third-order valence-corrected chi connectivity index (χ3v) is 13.0.